The predicted octanol–water partition coefficient (Wildman–Crippen LogP) is 2.89. The Kier molecular flexibility index (Phi) is 2.19. The number of aliphatic hydroxyl groups excluding tert-OH is 1. The van der Waals surface area contributed by atoms with Crippen LogP contribution in [0.25, 0.3) is 0 Å². The first-order chi connectivity index (χ1) is 7.95. The molecule has 2 aliphatic carbocycles. The van der Waals surface area contributed by atoms with Crippen molar-refractivity contribution in [3.8, 4) is 0 Å². The van der Waals surface area contributed by atoms with Gasteiger partial charge in [-0.3, -0.25) is 0 Å². The van der Waals surface area contributed by atoms with Gasteiger partial charge in [0.25, 0.3) is 0 Å². The molecule has 1 N–H and O–H groups in total. The summed E-state index contributed by atoms with van der Waals surface area (Å²) in [5.74, 6) is 0.856. The maximum atomic E-state index is 10.2. The number of hydrogen-bond donors (Lipinski definition) is 1. The van der Waals surface area contributed by atoms with Crippen molar-refractivity contribution in [3.05, 3.63) is 24.8 Å². The lowest BCUT2D eigenvalue weighted by molar-refractivity contribution is -0.126. The van der Waals surface area contributed by atoms with Crippen LogP contribution in [0, 0.1) is 22.7 Å². The lowest BCUT2D eigenvalue weighted by Crippen LogP contribution is -2.51. The number of aliphatic hydroxyl groups is 1. The molecule has 3 fully saturated rings. The second-order valence-corrected chi connectivity index (χ2v) is 6.40. The fourth-order valence-corrected chi connectivity index (χ4v) is 4.38. The van der Waals surface area contributed by atoms with Gasteiger partial charge in [0.2, 0.25) is 0 Å². The minimum atomic E-state index is -0.693. The summed E-state index contributed by atoms with van der Waals surface area (Å²) in [6, 6.07) is 0. The highest BCUT2D eigenvalue weighted by Crippen LogP contribution is 2.65. The molecule has 1 heterocycles. The highest BCUT2D eigenvalue weighted by Gasteiger charge is 2.64. The van der Waals surface area contributed by atoms with Crippen LogP contribution in [0.15, 0.2) is 24.8 Å². The molecule has 3 rings (SSSR count). The summed E-state index contributed by atoms with van der Waals surface area (Å²) in [5, 5.41) is 10.2. The third-order valence-corrected chi connectivity index (χ3v) is 5.95. The summed E-state index contributed by atoms with van der Waals surface area (Å²) in [7, 11) is 0. The van der Waals surface area contributed by atoms with Gasteiger partial charge in [-0.05, 0) is 30.6 Å². The third-order valence-electron chi connectivity index (χ3n) is 5.95. The summed E-state index contributed by atoms with van der Waals surface area (Å²) in [6.07, 6.45) is 4.46. The van der Waals surface area contributed by atoms with Crippen LogP contribution in [0.4, 0.5) is 0 Å². The standard InChI is InChI=1S/C15H22O2/c1-5-15-7-6-14(4)9(2)8-11(17-13(15)16)12(15)10(14)3/h5,9,11-13,16H,1,3,6-8H2,2,4H3/t9-,11-,12+,13?,14+,15+/m1/s1. The number of fused-ring (bicyclic) bond motifs is 1. The summed E-state index contributed by atoms with van der Waals surface area (Å²) in [6.45, 7) is 12.9. The largest absolute Gasteiger partial charge is 0.367 e. The molecule has 0 aromatic rings. The van der Waals surface area contributed by atoms with Crippen LogP contribution in [-0.4, -0.2) is 17.5 Å². The Morgan fingerprint density at radius 2 is 2.18 bits per heavy atom. The van der Waals surface area contributed by atoms with Gasteiger partial charge in [0.1, 0.15) is 0 Å². The SMILES string of the molecule is C=C[C@]12CC[C@]3(C)C(=C)[C@H]1[C@@H](C[C@H]3C)OC2O. The normalized spacial score (nSPS) is 57.0. The second kappa shape index (κ2) is 3.24. The maximum Gasteiger partial charge on any atom is 0.164 e. The summed E-state index contributed by atoms with van der Waals surface area (Å²) in [4.78, 5) is 0. The van der Waals surface area contributed by atoms with E-state index in [1.165, 1.54) is 5.57 Å². The van der Waals surface area contributed by atoms with Crippen molar-refractivity contribution in [2.45, 2.75) is 45.5 Å². The zero-order valence-electron chi connectivity index (χ0n) is 10.8. The van der Waals surface area contributed by atoms with Crippen molar-refractivity contribution < 1.29 is 9.84 Å². The van der Waals surface area contributed by atoms with Crippen molar-refractivity contribution in [2.24, 2.45) is 22.7 Å². The van der Waals surface area contributed by atoms with E-state index in [0.29, 0.717) is 5.92 Å². The fraction of sp³-hybridized carbons (Fsp3) is 0.733. The van der Waals surface area contributed by atoms with E-state index in [1.807, 2.05) is 6.08 Å². The molecule has 94 valence electrons. The van der Waals surface area contributed by atoms with Gasteiger partial charge in [-0.15, -0.1) is 6.58 Å². The van der Waals surface area contributed by atoms with Crippen LogP contribution >= 0.6 is 0 Å². The molecule has 2 heteroatoms. The molecule has 0 radical (unpaired) electrons. The molecule has 6 atom stereocenters. The molecule has 1 unspecified atom stereocenters. The van der Waals surface area contributed by atoms with E-state index in [1.54, 1.807) is 0 Å². The number of hydrogen-bond acceptors (Lipinski definition) is 2. The van der Waals surface area contributed by atoms with Crippen molar-refractivity contribution in [1.82, 2.24) is 0 Å². The van der Waals surface area contributed by atoms with E-state index in [4.69, 9.17) is 4.74 Å². The van der Waals surface area contributed by atoms with Crippen LogP contribution in [0.2, 0.25) is 0 Å². The van der Waals surface area contributed by atoms with E-state index in [9.17, 15) is 5.11 Å². The zero-order chi connectivity index (χ0) is 12.4. The first kappa shape index (κ1) is 11.5. The quantitative estimate of drug-likeness (QED) is 0.707. The van der Waals surface area contributed by atoms with Gasteiger partial charge in [0, 0.05) is 11.3 Å². The molecule has 0 amide bonds. The zero-order valence-corrected chi connectivity index (χ0v) is 10.8. The first-order valence-corrected chi connectivity index (χ1v) is 6.62. The van der Waals surface area contributed by atoms with Crippen molar-refractivity contribution in [1.29, 1.82) is 0 Å². The Hall–Kier alpha value is -0.600. The van der Waals surface area contributed by atoms with E-state index < -0.39 is 6.29 Å². The lowest BCUT2D eigenvalue weighted by atomic mass is 9.48. The Morgan fingerprint density at radius 3 is 2.82 bits per heavy atom. The summed E-state index contributed by atoms with van der Waals surface area (Å²) < 4.78 is 5.80. The van der Waals surface area contributed by atoms with Gasteiger partial charge in [0.15, 0.2) is 6.29 Å². The molecule has 3 aliphatic rings. The third kappa shape index (κ3) is 1.13. The number of ether oxygens (including phenoxy) is 1. The fourth-order valence-electron chi connectivity index (χ4n) is 4.38. The molecule has 17 heavy (non-hydrogen) atoms. The molecule has 1 aliphatic heterocycles. The van der Waals surface area contributed by atoms with E-state index >= 15 is 0 Å². The van der Waals surface area contributed by atoms with Crippen LogP contribution in [0.1, 0.15) is 33.1 Å². The van der Waals surface area contributed by atoms with Crippen LogP contribution in [-0.2, 0) is 4.74 Å². The summed E-state index contributed by atoms with van der Waals surface area (Å²) >= 11 is 0. The lowest BCUT2D eigenvalue weighted by Gasteiger charge is -2.55. The average Bonchev–Trinajstić information content (AvgIpc) is 2.58. The molecule has 2 saturated carbocycles. The van der Waals surface area contributed by atoms with Crippen LogP contribution in [0.5, 0.6) is 0 Å². The molecule has 0 aromatic carbocycles. The van der Waals surface area contributed by atoms with Gasteiger partial charge in [0.05, 0.1) is 6.10 Å². The van der Waals surface area contributed by atoms with Gasteiger partial charge in [-0.2, -0.15) is 0 Å². The van der Waals surface area contributed by atoms with Crippen molar-refractivity contribution in [2.75, 3.05) is 0 Å². The van der Waals surface area contributed by atoms with Gasteiger partial charge >= 0.3 is 0 Å². The summed E-state index contributed by atoms with van der Waals surface area (Å²) in [5.41, 5.74) is 1.23. The van der Waals surface area contributed by atoms with E-state index in [2.05, 4.69) is 27.0 Å². The average molecular weight is 234 g/mol. The monoisotopic (exact) mass is 234 g/mol. The first-order valence-electron chi connectivity index (χ1n) is 6.62. The molecule has 2 nitrogen and oxygen atoms in total. The highest BCUT2D eigenvalue weighted by molar-refractivity contribution is 5.31. The molecule has 0 spiro atoms. The topological polar surface area (TPSA) is 29.5 Å². The maximum absolute atomic E-state index is 10.2. The second-order valence-electron chi connectivity index (χ2n) is 6.40. The van der Waals surface area contributed by atoms with Crippen molar-refractivity contribution in [3.63, 3.8) is 0 Å². The van der Waals surface area contributed by atoms with Gasteiger partial charge in [-0.25, -0.2) is 0 Å². The highest BCUT2D eigenvalue weighted by atomic mass is 16.6. The Labute approximate surface area is 103 Å². The van der Waals surface area contributed by atoms with E-state index in [-0.39, 0.29) is 22.9 Å². The Bertz CT molecular complexity index is 388. The smallest absolute Gasteiger partial charge is 0.164 e. The molecule has 0 aromatic heterocycles. The van der Waals surface area contributed by atoms with Gasteiger partial charge < -0.3 is 9.84 Å². The Morgan fingerprint density at radius 1 is 1.47 bits per heavy atom. The molecular formula is C15H22O2. The molecular weight excluding hydrogens is 212 g/mol. The van der Waals surface area contributed by atoms with Crippen molar-refractivity contribution >= 4 is 0 Å². The minimum absolute atomic E-state index is 0.138. The predicted molar refractivity (Wildman–Crippen MR) is 67.3 cm³/mol. The Balaban J connectivity index is 2.11. The molecule has 2 bridgehead atoms. The number of rotatable bonds is 1. The van der Waals surface area contributed by atoms with Gasteiger partial charge in [-0.1, -0.05) is 32.1 Å². The molecule has 1 saturated heterocycles. The van der Waals surface area contributed by atoms with Crippen LogP contribution in [0.3, 0.4) is 0 Å². The van der Waals surface area contributed by atoms with E-state index in [0.717, 1.165) is 19.3 Å². The van der Waals surface area contributed by atoms with Crippen LogP contribution < -0.4 is 0 Å². The minimum Gasteiger partial charge on any atom is -0.367 e.